The Kier molecular flexibility index (Phi) is 2.46. The van der Waals surface area contributed by atoms with E-state index in [4.69, 9.17) is 0 Å². The van der Waals surface area contributed by atoms with Gasteiger partial charge in [-0.3, -0.25) is 0 Å². The van der Waals surface area contributed by atoms with Crippen molar-refractivity contribution in [1.82, 2.24) is 3.97 Å². The van der Waals surface area contributed by atoms with E-state index in [1.54, 1.807) is 0 Å². The molecule has 7 heteroatoms. The van der Waals surface area contributed by atoms with Gasteiger partial charge < -0.3 is 0 Å². The van der Waals surface area contributed by atoms with Crippen LogP contribution in [0.25, 0.3) is 10.9 Å². The summed E-state index contributed by atoms with van der Waals surface area (Å²) in [6, 6.07) is 4.46. The van der Waals surface area contributed by atoms with Crippen LogP contribution in [0.1, 0.15) is 5.56 Å². The summed E-state index contributed by atoms with van der Waals surface area (Å²) in [5.41, 5.74) is -0.837. The van der Waals surface area contributed by atoms with Gasteiger partial charge in [0, 0.05) is 11.6 Å². The Morgan fingerprint density at radius 1 is 1.18 bits per heavy atom. The van der Waals surface area contributed by atoms with Gasteiger partial charge in [-0.25, -0.2) is 12.4 Å². The second-order valence-corrected chi connectivity index (χ2v) is 5.51. The third kappa shape index (κ3) is 2.14. The first-order valence-corrected chi connectivity index (χ1v) is 6.43. The van der Waals surface area contributed by atoms with E-state index in [9.17, 15) is 21.6 Å². The van der Waals surface area contributed by atoms with E-state index in [-0.39, 0.29) is 5.52 Å². The molecule has 0 radical (unpaired) electrons. The summed E-state index contributed by atoms with van der Waals surface area (Å²) < 4.78 is 61.0. The van der Waals surface area contributed by atoms with Gasteiger partial charge in [-0.15, -0.1) is 0 Å². The molecule has 0 bridgehead atoms. The molecule has 2 aromatic rings. The summed E-state index contributed by atoms with van der Waals surface area (Å²) in [5, 5.41) is 0.448. The maximum atomic E-state index is 12.5. The van der Waals surface area contributed by atoms with Crippen molar-refractivity contribution in [1.29, 1.82) is 0 Å². The van der Waals surface area contributed by atoms with Gasteiger partial charge in [-0.1, -0.05) is 6.07 Å². The SMILES string of the molecule is CS(=O)(=O)n1ccc2ccc(C(F)(F)F)cc21. The first-order chi connectivity index (χ1) is 7.69. The summed E-state index contributed by atoms with van der Waals surface area (Å²) >= 11 is 0. The molecule has 3 nitrogen and oxygen atoms in total. The van der Waals surface area contributed by atoms with Crippen molar-refractivity contribution in [3.05, 3.63) is 36.0 Å². The number of aromatic nitrogens is 1. The number of alkyl halides is 3. The molecule has 1 aromatic carbocycles. The van der Waals surface area contributed by atoms with Gasteiger partial charge in [0.1, 0.15) is 0 Å². The smallest absolute Gasteiger partial charge is 0.245 e. The topological polar surface area (TPSA) is 39.1 Å². The minimum Gasteiger partial charge on any atom is -0.245 e. The second kappa shape index (κ2) is 3.49. The van der Waals surface area contributed by atoms with Crippen LogP contribution in [0.5, 0.6) is 0 Å². The quantitative estimate of drug-likeness (QED) is 0.792. The molecule has 0 fully saturated rings. The van der Waals surface area contributed by atoms with Crippen molar-refractivity contribution >= 4 is 20.9 Å². The van der Waals surface area contributed by atoms with Crippen LogP contribution in [-0.4, -0.2) is 18.6 Å². The van der Waals surface area contributed by atoms with E-state index >= 15 is 0 Å². The van der Waals surface area contributed by atoms with Crippen molar-refractivity contribution < 1.29 is 21.6 Å². The maximum absolute atomic E-state index is 12.5. The van der Waals surface area contributed by atoms with E-state index in [1.165, 1.54) is 18.3 Å². The summed E-state index contributed by atoms with van der Waals surface area (Å²) in [6.07, 6.45) is -2.31. The zero-order chi connectivity index (χ0) is 12.8. The molecule has 0 aliphatic heterocycles. The lowest BCUT2D eigenvalue weighted by atomic mass is 10.1. The Hall–Kier alpha value is -1.50. The molecule has 0 spiro atoms. The van der Waals surface area contributed by atoms with Crippen molar-refractivity contribution in [2.24, 2.45) is 0 Å². The standard InChI is InChI=1S/C10H8F3NO2S/c1-17(15,16)14-5-4-7-2-3-8(6-9(7)14)10(11,12)13/h2-6H,1H3. The molecule has 0 amide bonds. The molecule has 0 saturated carbocycles. The first kappa shape index (κ1) is 12.0. The molecular formula is C10H8F3NO2S. The van der Waals surface area contributed by atoms with Gasteiger partial charge in [-0.05, 0) is 18.2 Å². The molecule has 0 atom stereocenters. The molecule has 0 N–H and O–H groups in total. The fourth-order valence-electron chi connectivity index (χ4n) is 1.57. The fraction of sp³-hybridized carbons (Fsp3) is 0.200. The molecule has 92 valence electrons. The average Bonchev–Trinajstić information content (AvgIpc) is 2.57. The summed E-state index contributed by atoms with van der Waals surface area (Å²) in [4.78, 5) is 0. The average molecular weight is 263 g/mol. The Balaban J connectivity index is 2.76. The lowest BCUT2D eigenvalue weighted by Crippen LogP contribution is -2.09. The van der Waals surface area contributed by atoms with Gasteiger partial charge in [-0.2, -0.15) is 13.2 Å². The van der Waals surface area contributed by atoms with Gasteiger partial charge in [0.15, 0.2) is 0 Å². The first-order valence-electron chi connectivity index (χ1n) is 4.58. The van der Waals surface area contributed by atoms with Crippen molar-refractivity contribution in [3.63, 3.8) is 0 Å². The number of hydrogen-bond acceptors (Lipinski definition) is 2. The number of benzene rings is 1. The fourth-order valence-corrected chi connectivity index (χ4v) is 2.37. The largest absolute Gasteiger partial charge is 0.416 e. The molecule has 17 heavy (non-hydrogen) atoms. The summed E-state index contributed by atoms with van der Waals surface area (Å²) in [5.74, 6) is 0. The van der Waals surface area contributed by atoms with Crippen LogP contribution in [0.2, 0.25) is 0 Å². The number of fused-ring (bicyclic) bond motifs is 1. The van der Waals surface area contributed by atoms with Crippen LogP contribution in [0, 0.1) is 0 Å². The highest BCUT2D eigenvalue weighted by Gasteiger charge is 2.31. The van der Waals surface area contributed by atoms with Crippen LogP contribution in [-0.2, 0) is 16.2 Å². The van der Waals surface area contributed by atoms with E-state index in [0.29, 0.717) is 5.39 Å². The Morgan fingerprint density at radius 3 is 2.35 bits per heavy atom. The molecule has 0 unspecified atom stereocenters. The van der Waals surface area contributed by atoms with Gasteiger partial charge in [0.2, 0.25) is 10.0 Å². The van der Waals surface area contributed by atoms with Gasteiger partial charge in [0.05, 0.1) is 17.3 Å². The monoisotopic (exact) mass is 263 g/mol. The van der Waals surface area contributed by atoms with E-state index in [0.717, 1.165) is 22.4 Å². The van der Waals surface area contributed by atoms with E-state index in [1.807, 2.05) is 0 Å². The third-order valence-corrected chi connectivity index (χ3v) is 3.37. The molecule has 0 aliphatic rings. The third-order valence-electron chi connectivity index (χ3n) is 2.34. The number of rotatable bonds is 1. The highest BCUT2D eigenvalue weighted by atomic mass is 32.2. The van der Waals surface area contributed by atoms with Crippen LogP contribution in [0.4, 0.5) is 13.2 Å². The lowest BCUT2D eigenvalue weighted by molar-refractivity contribution is -0.137. The van der Waals surface area contributed by atoms with E-state index < -0.39 is 21.8 Å². The van der Waals surface area contributed by atoms with Crippen molar-refractivity contribution in [2.45, 2.75) is 6.18 Å². The summed E-state index contributed by atoms with van der Waals surface area (Å²) in [7, 11) is -3.60. The molecule has 0 aliphatic carbocycles. The van der Waals surface area contributed by atoms with Crippen molar-refractivity contribution in [2.75, 3.05) is 6.26 Å². The molecule has 2 rings (SSSR count). The Bertz CT molecular complexity index is 670. The predicted molar refractivity (Wildman–Crippen MR) is 57.2 cm³/mol. The summed E-state index contributed by atoms with van der Waals surface area (Å²) in [6.45, 7) is 0. The molecule has 0 saturated heterocycles. The molecular weight excluding hydrogens is 255 g/mol. The number of halogens is 3. The van der Waals surface area contributed by atoms with Crippen molar-refractivity contribution in [3.8, 4) is 0 Å². The van der Waals surface area contributed by atoms with Crippen LogP contribution in [0.3, 0.4) is 0 Å². The maximum Gasteiger partial charge on any atom is 0.416 e. The van der Waals surface area contributed by atoms with E-state index in [2.05, 4.69) is 0 Å². The predicted octanol–water partition coefficient (Wildman–Crippen LogP) is 2.47. The minimum atomic E-state index is -4.49. The van der Waals surface area contributed by atoms with Gasteiger partial charge >= 0.3 is 6.18 Å². The highest BCUT2D eigenvalue weighted by Crippen LogP contribution is 2.31. The number of nitrogens with zero attached hydrogens (tertiary/aromatic N) is 1. The van der Waals surface area contributed by atoms with Crippen LogP contribution in [0.15, 0.2) is 30.5 Å². The van der Waals surface area contributed by atoms with Gasteiger partial charge in [0.25, 0.3) is 0 Å². The minimum absolute atomic E-state index is 0.0299. The lowest BCUT2D eigenvalue weighted by Gasteiger charge is -2.07. The number of hydrogen-bond donors (Lipinski definition) is 0. The Labute approximate surface area is 95.5 Å². The zero-order valence-corrected chi connectivity index (χ0v) is 9.51. The molecule has 1 aromatic heterocycles. The highest BCUT2D eigenvalue weighted by molar-refractivity contribution is 7.89. The Morgan fingerprint density at radius 2 is 1.82 bits per heavy atom. The van der Waals surface area contributed by atoms with Crippen LogP contribution < -0.4 is 0 Å². The zero-order valence-electron chi connectivity index (χ0n) is 8.69. The normalized spacial score (nSPS) is 13.2. The van der Waals surface area contributed by atoms with Crippen LogP contribution >= 0.6 is 0 Å². The second-order valence-electron chi connectivity index (χ2n) is 3.65. The molecule has 1 heterocycles.